The van der Waals surface area contributed by atoms with Gasteiger partial charge in [-0.2, -0.15) is 0 Å². The van der Waals surface area contributed by atoms with Crippen molar-refractivity contribution in [2.24, 2.45) is 0 Å². The number of hydrogen-bond acceptors (Lipinski definition) is 5. The van der Waals surface area contributed by atoms with Crippen LogP contribution in [0.25, 0.3) is 0 Å². The van der Waals surface area contributed by atoms with Gasteiger partial charge >= 0.3 is 12.3 Å². The maximum Gasteiger partial charge on any atom is 0.573 e. The lowest BCUT2D eigenvalue weighted by Gasteiger charge is -2.13. The molecule has 0 aromatic carbocycles. The molecule has 0 aliphatic rings. The Morgan fingerprint density at radius 1 is 1.50 bits per heavy atom. The van der Waals surface area contributed by atoms with Gasteiger partial charge in [-0.25, -0.2) is 0 Å². The zero-order valence-electron chi connectivity index (χ0n) is 10.3. The molecule has 0 spiro atoms. The van der Waals surface area contributed by atoms with Crippen LogP contribution in [0.5, 0.6) is 11.5 Å². The number of aromatic nitrogens is 1. The monoisotopic (exact) mass is 357 g/mol. The number of alkyl halides is 4. The topological polar surface area (TPSA) is 68.7 Å². The molecule has 1 aromatic heterocycles. The van der Waals surface area contributed by atoms with Crippen LogP contribution in [0.15, 0.2) is 6.07 Å². The second kappa shape index (κ2) is 6.78. The zero-order valence-corrected chi connectivity index (χ0v) is 11.9. The number of halogens is 4. The molecule has 1 N–H and O–H groups in total. The molecule has 1 aromatic rings. The van der Waals surface area contributed by atoms with Gasteiger partial charge < -0.3 is 14.6 Å². The van der Waals surface area contributed by atoms with Crippen LogP contribution in [0.1, 0.15) is 18.3 Å². The molecule has 0 fully saturated rings. The minimum atomic E-state index is -4.95. The summed E-state index contributed by atoms with van der Waals surface area (Å²) in [5.41, 5.74) is -0.0546. The van der Waals surface area contributed by atoms with E-state index in [2.05, 4.69) is 30.4 Å². The van der Waals surface area contributed by atoms with Crippen molar-refractivity contribution in [2.75, 3.05) is 6.61 Å². The van der Waals surface area contributed by atoms with Gasteiger partial charge in [0.15, 0.2) is 11.5 Å². The molecule has 20 heavy (non-hydrogen) atoms. The number of pyridine rings is 1. The molecule has 1 heterocycles. The maximum atomic E-state index is 12.2. The molecule has 1 rings (SSSR count). The summed E-state index contributed by atoms with van der Waals surface area (Å²) in [7, 11) is 0. The van der Waals surface area contributed by atoms with Crippen LogP contribution >= 0.6 is 15.9 Å². The highest BCUT2D eigenvalue weighted by Crippen LogP contribution is 2.35. The third-order valence-corrected chi connectivity index (χ3v) is 2.60. The lowest BCUT2D eigenvalue weighted by atomic mass is 10.2. The Kier molecular flexibility index (Phi) is 5.61. The van der Waals surface area contributed by atoms with Gasteiger partial charge in [-0.05, 0) is 6.92 Å². The number of aromatic hydroxyl groups is 1. The van der Waals surface area contributed by atoms with Gasteiger partial charge in [0.05, 0.1) is 24.4 Å². The Morgan fingerprint density at radius 3 is 2.65 bits per heavy atom. The summed E-state index contributed by atoms with van der Waals surface area (Å²) in [6.45, 7) is 1.75. The lowest BCUT2D eigenvalue weighted by Crippen LogP contribution is -2.18. The summed E-state index contributed by atoms with van der Waals surface area (Å²) < 4.78 is 45.0. The number of esters is 1. The molecule has 0 aliphatic heterocycles. The van der Waals surface area contributed by atoms with Gasteiger partial charge in [0.2, 0.25) is 0 Å². The number of hydrogen-bond donors (Lipinski definition) is 1. The lowest BCUT2D eigenvalue weighted by molar-refractivity contribution is -0.275. The summed E-state index contributed by atoms with van der Waals surface area (Å²) in [6, 6.07) is 0.853. The third kappa shape index (κ3) is 4.87. The summed E-state index contributed by atoms with van der Waals surface area (Å²) in [5, 5.41) is 9.58. The highest BCUT2D eigenvalue weighted by atomic mass is 79.9. The van der Waals surface area contributed by atoms with E-state index in [1.807, 2.05) is 0 Å². The number of carbonyl (C=O) groups excluding carboxylic acids is 1. The van der Waals surface area contributed by atoms with Gasteiger partial charge in [0.25, 0.3) is 0 Å². The minimum Gasteiger partial charge on any atom is -0.503 e. The molecule has 0 amide bonds. The van der Waals surface area contributed by atoms with Crippen molar-refractivity contribution in [3.8, 4) is 11.5 Å². The maximum absolute atomic E-state index is 12.2. The van der Waals surface area contributed by atoms with Gasteiger partial charge in [-0.1, -0.05) is 15.9 Å². The fourth-order valence-corrected chi connectivity index (χ4v) is 1.76. The van der Waals surface area contributed by atoms with Crippen LogP contribution < -0.4 is 4.74 Å². The molecule has 112 valence electrons. The molecule has 0 aliphatic carbocycles. The number of carbonyl (C=O) groups is 1. The van der Waals surface area contributed by atoms with E-state index in [-0.39, 0.29) is 29.7 Å². The first-order chi connectivity index (χ1) is 9.26. The quantitative estimate of drug-likeness (QED) is 0.648. The average Bonchev–Trinajstić information content (AvgIpc) is 2.31. The highest BCUT2D eigenvalue weighted by Gasteiger charge is 2.33. The Morgan fingerprint density at radius 2 is 2.15 bits per heavy atom. The van der Waals surface area contributed by atoms with Crippen LogP contribution in [0, 0.1) is 0 Å². The van der Waals surface area contributed by atoms with E-state index in [1.165, 1.54) is 0 Å². The van der Waals surface area contributed by atoms with Crippen LogP contribution in [-0.4, -0.2) is 29.0 Å². The van der Waals surface area contributed by atoms with Crippen molar-refractivity contribution < 1.29 is 32.5 Å². The molecule has 0 saturated carbocycles. The van der Waals surface area contributed by atoms with Crippen molar-refractivity contribution in [3.63, 3.8) is 0 Å². The number of ether oxygens (including phenoxy) is 2. The van der Waals surface area contributed by atoms with Crippen molar-refractivity contribution >= 4 is 21.9 Å². The van der Waals surface area contributed by atoms with Crippen LogP contribution in [0.3, 0.4) is 0 Å². The predicted molar refractivity (Wildman–Crippen MR) is 65.6 cm³/mol. The summed E-state index contributed by atoms with van der Waals surface area (Å²) >= 11 is 2.98. The second-order valence-electron chi connectivity index (χ2n) is 3.57. The van der Waals surface area contributed by atoms with E-state index >= 15 is 0 Å². The Bertz CT molecular complexity index is 493. The first-order valence-corrected chi connectivity index (χ1v) is 6.58. The molecule has 0 atom stereocenters. The van der Waals surface area contributed by atoms with Crippen LogP contribution in [-0.2, 0) is 21.3 Å². The normalized spacial score (nSPS) is 11.2. The Balaban J connectivity index is 3.08. The molecule has 0 saturated heterocycles. The van der Waals surface area contributed by atoms with Gasteiger partial charge in [-0.3, -0.25) is 9.78 Å². The molecule has 0 radical (unpaired) electrons. The van der Waals surface area contributed by atoms with Crippen molar-refractivity contribution in [1.29, 1.82) is 0 Å². The minimum absolute atomic E-state index is 0.00369. The SMILES string of the molecule is CCOC(=O)Cc1cc(OC(F)(F)F)c(O)c(CBr)n1. The van der Waals surface area contributed by atoms with Gasteiger partial charge in [-0.15, -0.1) is 13.2 Å². The van der Waals surface area contributed by atoms with Crippen LogP contribution in [0.2, 0.25) is 0 Å². The van der Waals surface area contributed by atoms with Crippen molar-refractivity contribution in [2.45, 2.75) is 25.0 Å². The first kappa shape index (κ1) is 16.5. The summed E-state index contributed by atoms with van der Waals surface area (Å²) in [6.07, 6.45) is -5.27. The van der Waals surface area contributed by atoms with E-state index in [0.717, 1.165) is 6.07 Å². The fourth-order valence-electron chi connectivity index (χ4n) is 1.37. The first-order valence-electron chi connectivity index (χ1n) is 5.46. The standard InChI is InChI=1S/C11H11BrF3NO4/c1-2-19-9(17)4-6-3-8(20-11(13,14)15)10(18)7(5-12)16-6/h3,18H,2,4-5H2,1H3. The summed E-state index contributed by atoms with van der Waals surface area (Å²) in [5.74, 6) is -2.17. The Hall–Kier alpha value is -1.51. The van der Waals surface area contributed by atoms with Crippen LogP contribution in [0.4, 0.5) is 13.2 Å². The van der Waals surface area contributed by atoms with E-state index in [1.54, 1.807) is 6.92 Å². The predicted octanol–water partition coefficient (Wildman–Crippen LogP) is 2.69. The number of rotatable bonds is 5. The van der Waals surface area contributed by atoms with E-state index in [4.69, 9.17) is 0 Å². The van der Waals surface area contributed by atoms with Crippen molar-refractivity contribution in [1.82, 2.24) is 4.98 Å². The molecule has 0 bridgehead atoms. The van der Waals surface area contributed by atoms with E-state index in [9.17, 15) is 23.1 Å². The zero-order chi connectivity index (χ0) is 15.3. The van der Waals surface area contributed by atoms with E-state index < -0.39 is 23.8 Å². The fraction of sp³-hybridized carbons (Fsp3) is 0.455. The molecular weight excluding hydrogens is 347 g/mol. The Labute approximate surface area is 120 Å². The third-order valence-electron chi connectivity index (χ3n) is 2.07. The van der Waals surface area contributed by atoms with E-state index in [0.29, 0.717) is 0 Å². The molecule has 5 nitrogen and oxygen atoms in total. The van der Waals surface area contributed by atoms with Gasteiger partial charge in [0, 0.05) is 11.4 Å². The molecular formula is C11H11BrF3NO4. The average molecular weight is 358 g/mol. The molecule has 9 heteroatoms. The smallest absolute Gasteiger partial charge is 0.503 e. The molecule has 0 unspecified atom stereocenters. The number of nitrogens with zero attached hydrogens (tertiary/aromatic N) is 1. The highest BCUT2D eigenvalue weighted by molar-refractivity contribution is 9.08. The largest absolute Gasteiger partial charge is 0.573 e. The van der Waals surface area contributed by atoms with Gasteiger partial charge in [0.1, 0.15) is 0 Å². The van der Waals surface area contributed by atoms with Crippen molar-refractivity contribution in [3.05, 3.63) is 17.5 Å². The summed E-state index contributed by atoms with van der Waals surface area (Å²) in [4.78, 5) is 15.2. The second-order valence-corrected chi connectivity index (χ2v) is 4.13.